The lowest BCUT2D eigenvalue weighted by Gasteiger charge is -2.04. The number of hydrogen-bond acceptors (Lipinski definition) is 7. The fourth-order valence-corrected chi connectivity index (χ4v) is 3.16. The lowest BCUT2D eigenvalue weighted by atomic mass is 10.2. The molecule has 8 heteroatoms. The number of carbonyl (C=O) groups excluding carboxylic acids is 1. The summed E-state index contributed by atoms with van der Waals surface area (Å²) in [5.41, 5.74) is 3.85. The SMILES string of the molecule is CCSc1nc(C)cc(SCC(=O)N/N=C\c2ccccc2O)n1. The molecule has 1 aromatic carbocycles. The summed E-state index contributed by atoms with van der Waals surface area (Å²) in [6.45, 7) is 3.95. The minimum absolute atomic E-state index is 0.113. The average Bonchev–Trinajstić information content (AvgIpc) is 2.55. The quantitative estimate of drug-likeness (QED) is 0.259. The Bertz CT molecular complexity index is 738. The van der Waals surface area contributed by atoms with Crippen LogP contribution in [0.3, 0.4) is 0 Å². The predicted molar refractivity (Wildman–Crippen MR) is 97.7 cm³/mol. The van der Waals surface area contributed by atoms with Crippen molar-refractivity contribution in [2.45, 2.75) is 24.0 Å². The number of aromatic hydroxyl groups is 1. The topological polar surface area (TPSA) is 87.5 Å². The number of aromatic nitrogens is 2. The number of nitrogens with one attached hydrogen (secondary N) is 1. The van der Waals surface area contributed by atoms with Crippen molar-refractivity contribution in [3.05, 3.63) is 41.6 Å². The van der Waals surface area contributed by atoms with Gasteiger partial charge < -0.3 is 5.11 Å². The van der Waals surface area contributed by atoms with Crippen LogP contribution in [-0.2, 0) is 4.79 Å². The Labute approximate surface area is 149 Å². The van der Waals surface area contributed by atoms with Gasteiger partial charge >= 0.3 is 0 Å². The molecule has 2 aromatic rings. The molecule has 6 nitrogen and oxygen atoms in total. The van der Waals surface area contributed by atoms with Crippen molar-refractivity contribution < 1.29 is 9.90 Å². The fourth-order valence-electron chi connectivity index (χ4n) is 1.72. The smallest absolute Gasteiger partial charge is 0.250 e. The number of aryl methyl sites for hydroxylation is 1. The summed E-state index contributed by atoms with van der Waals surface area (Å²) in [5, 5.41) is 14.9. The van der Waals surface area contributed by atoms with E-state index in [1.165, 1.54) is 18.0 Å². The molecule has 0 saturated carbocycles. The number of hydrogen-bond donors (Lipinski definition) is 2. The molecule has 0 aliphatic rings. The predicted octanol–water partition coefficient (Wildman–Crippen LogP) is 2.85. The Balaban J connectivity index is 1.86. The van der Waals surface area contributed by atoms with Gasteiger partial charge in [0.1, 0.15) is 10.8 Å². The van der Waals surface area contributed by atoms with Crippen molar-refractivity contribution in [2.24, 2.45) is 5.10 Å². The van der Waals surface area contributed by atoms with Crippen LogP contribution in [0.25, 0.3) is 0 Å². The van der Waals surface area contributed by atoms with Gasteiger partial charge in [0.15, 0.2) is 5.16 Å². The summed E-state index contributed by atoms with van der Waals surface area (Å²) < 4.78 is 0. The molecule has 1 heterocycles. The standard InChI is InChI=1S/C16H18N4O2S2/c1-3-23-16-18-11(2)8-15(19-16)24-10-14(22)20-17-9-12-6-4-5-7-13(12)21/h4-9,21H,3,10H2,1-2H3,(H,20,22)/b17-9-. The second-order valence-electron chi connectivity index (χ2n) is 4.70. The first-order valence-electron chi connectivity index (χ1n) is 7.29. The van der Waals surface area contributed by atoms with E-state index in [4.69, 9.17) is 0 Å². The molecule has 0 saturated heterocycles. The zero-order chi connectivity index (χ0) is 17.4. The van der Waals surface area contributed by atoms with E-state index < -0.39 is 0 Å². The molecule has 0 aliphatic carbocycles. The number of thioether (sulfide) groups is 2. The summed E-state index contributed by atoms with van der Waals surface area (Å²) >= 11 is 2.90. The Morgan fingerprint density at radius 1 is 1.33 bits per heavy atom. The van der Waals surface area contributed by atoms with Gasteiger partial charge in [-0.2, -0.15) is 5.10 Å². The van der Waals surface area contributed by atoms with E-state index in [-0.39, 0.29) is 17.4 Å². The van der Waals surface area contributed by atoms with Crippen LogP contribution in [0.15, 0.2) is 45.6 Å². The summed E-state index contributed by atoms with van der Waals surface area (Å²) in [5.74, 6) is 0.967. The maximum Gasteiger partial charge on any atom is 0.250 e. The molecule has 0 fully saturated rings. The third kappa shape index (κ3) is 5.86. The first kappa shape index (κ1) is 18.3. The van der Waals surface area contributed by atoms with Gasteiger partial charge in [0.05, 0.1) is 12.0 Å². The summed E-state index contributed by atoms with van der Waals surface area (Å²) in [4.78, 5) is 20.6. The van der Waals surface area contributed by atoms with E-state index >= 15 is 0 Å². The van der Waals surface area contributed by atoms with E-state index in [2.05, 4.69) is 20.5 Å². The zero-order valence-electron chi connectivity index (χ0n) is 13.4. The fraction of sp³-hybridized carbons (Fsp3) is 0.250. The first-order valence-corrected chi connectivity index (χ1v) is 9.26. The molecule has 2 N–H and O–H groups in total. The van der Waals surface area contributed by atoms with E-state index in [1.807, 2.05) is 19.9 Å². The Morgan fingerprint density at radius 2 is 2.12 bits per heavy atom. The molecule has 2 rings (SSSR count). The van der Waals surface area contributed by atoms with Crippen LogP contribution in [0.4, 0.5) is 0 Å². The van der Waals surface area contributed by atoms with E-state index in [9.17, 15) is 9.90 Å². The molecule has 0 spiro atoms. The first-order chi connectivity index (χ1) is 11.6. The largest absolute Gasteiger partial charge is 0.507 e. The second-order valence-corrected chi connectivity index (χ2v) is 6.93. The zero-order valence-corrected chi connectivity index (χ0v) is 15.0. The highest BCUT2D eigenvalue weighted by molar-refractivity contribution is 8.00. The minimum Gasteiger partial charge on any atom is -0.507 e. The van der Waals surface area contributed by atoms with Crippen molar-refractivity contribution in [1.82, 2.24) is 15.4 Å². The molecule has 126 valence electrons. The molecule has 1 amide bonds. The number of benzene rings is 1. The van der Waals surface area contributed by atoms with Crippen LogP contribution in [0, 0.1) is 6.92 Å². The van der Waals surface area contributed by atoms with Gasteiger partial charge in [-0.15, -0.1) is 0 Å². The third-order valence-electron chi connectivity index (χ3n) is 2.76. The van der Waals surface area contributed by atoms with Crippen molar-refractivity contribution >= 4 is 35.6 Å². The summed E-state index contributed by atoms with van der Waals surface area (Å²) in [7, 11) is 0. The normalized spacial score (nSPS) is 10.9. The van der Waals surface area contributed by atoms with Gasteiger partial charge in [-0.3, -0.25) is 4.79 Å². The van der Waals surface area contributed by atoms with E-state index in [0.717, 1.165) is 21.6 Å². The van der Waals surface area contributed by atoms with Crippen LogP contribution in [-0.4, -0.2) is 38.7 Å². The highest BCUT2D eigenvalue weighted by Gasteiger charge is 2.06. The lowest BCUT2D eigenvalue weighted by molar-refractivity contribution is -0.118. The van der Waals surface area contributed by atoms with Crippen LogP contribution < -0.4 is 5.43 Å². The van der Waals surface area contributed by atoms with Crippen molar-refractivity contribution in [1.29, 1.82) is 0 Å². The van der Waals surface area contributed by atoms with Crippen molar-refractivity contribution in [2.75, 3.05) is 11.5 Å². The van der Waals surface area contributed by atoms with Gasteiger partial charge in [-0.25, -0.2) is 15.4 Å². The van der Waals surface area contributed by atoms with Gasteiger partial charge in [0, 0.05) is 11.3 Å². The highest BCUT2D eigenvalue weighted by Crippen LogP contribution is 2.20. The van der Waals surface area contributed by atoms with Gasteiger partial charge in [-0.05, 0) is 30.9 Å². The number of phenols is 1. The molecule has 24 heavy (non-hydrogen) atoms. The lowest BCUT2D eigenvalue weighted by Crippen LogP contribution is -2.19. The number of hydrazone groups is 1. The molecular weight excluding hydrogens is 344 g/mol. The molecular formula is C16H18N4O2S2. The molecule has 0 bridgehead atoms. The maximum absolute atomic E-state index is 11.8. The van der Waals surface area contributed by atoms with E-state index in [0.29, 0.717) is 5.56 Å². The Kier molecular flexibility index (Phi) is 7.07. The number of rotatable bonds is 7. The highest BCUT2D eigenvalue weighted by atomic mass is 32.2. The average molecular weight is 362 g/mol. The minimum atomic E-state index is -0.243. The molecule has 0 atom stereocenters. The van der Waals surface area contributed by atoms with Crippen LogP contribution >= 0.6 is 23.5 Å². The van der Waals surface area contributed by atoms with Crippen LogP contribution in [0.5, 0.6) is 5.75 Å². The molecule has 0 radical (unpaired) electrons. The molecule has 0 unspecified atom stereocenters. The molecule has 1 aromatic heterocycles. The summed E-state index contributed by atoms with van der Waals surface area (Å²) in [6, 6.07) is 8.61. The van der Waals surface area contributed by atoms with Crippen LogP contribution in [0.1, 0.15) is 18.2 Å². The number of nitrogens with zero attached hydrogens (tertiary/aromatic N) is 3. The summed E-state index contributed by atoms with van der Waals surface area (Å²) in [6.07, 6.45) is 1.41. The molecule has 0 aliphatic heterocycles. The van der Waals surface area contributed by atoms with Crippen molar-refractivity contribution in [3.63, 3.8) is 0 Å². The van der Waals surface area contributed by atoms with E-state index in [1.54, 1.807) is 36.0 Å². The van der Waals surface area contributed by atoms with Crippen LogP contribution in [0.2, 0.25) is 0 Å². The monoisotopic (exact) mass is 362 g/mol. The second kappa shape index (κ2) is 9.29. The number of carbonyl (C=O) groups is 1. The number of phenolic OH excluding ortho intramolecular Hbond substituents is 1. The Morgan fingerprint density at radius 3 is 2.88 bits per heavy atom. The third-order valence-corrected chi connectivity index (χ3v) is 4.41. The number of para-hydroxylation sites is 1. The van der Waals surface area contributed by atoms with Crippen molar-refractivity contribution in [3.8, 4) is 5.75 Å². The van der Waals surface area contributed by atoms with Gasteiger partial charge in [-0.1, -0.05) is 42.6 Å². The number of amides is 1. The van der Waals surface area contributed by atoms with Gasteiger partial charge in [0.2, 0.25) is 5.91 Å². The maximum atomic E-state index is 11.8. The van der Waals surface area contributed by atoms with Gasteiger partial charge in [0.25, 0.3) is 0 Å². The Hall–Kier alpha value is -2.06.